The van der Waals surface area contributed by atoms with E-state index < -0.39 is 0 Å². The third-order valence-electron chi connectivity index (χ3n) is 3.48. The average Bonchev–Trinajstić information content (AvgIpc) is 2.56. The molecule has 0 saturated heterocycles. The van der Waals surface area contributed by atoms with E-state index in [1.807, 2.05) is 67.4 Å². The third kappa shape index (κ3) is 3.31. The summed E-state index contributed by atoms with van der Waals surface area (Å²) in [6.45, 7) is 1.85. The lowest BCUT2D eigenvalue weighted by Crippen LogP contribution is -2.16. The van der Waals surface area contributed by atoms with E-state index in [4.69, 9.17) is 4.74 Å². The molecule has 0 aliphatic heterocycles. The van der Waals surface area contributed by atoms with Gasteiger partial charge in [0.05, 0.1) is 12.8 Å². The zero-order chi connectivity index (χ0) is 15.2. The van der Waals surface area contributed by atoms with Crippen LogP contribution < -0.4 is 9.64 Å². The maximum absolute atomic E-state index is 11.0. The second-order valence-corrected chi connectivity index (χ2v) is 4.67. The molecular formula is C18H19NO2. The molecule has 0 saturated carbocycles. The molecule has 0 fully saturated rings. The first-order chi connectivity index (χ1) is 10.2. The molecule has 0 unspecified atom stereocenters. The molecule has 0 radical (unpaired) electrons. The molecule has 21 heavy (non-hydrogen) atoms. The van der Waals surface area contributed by atoms with Crippen molar-refractivity contribution < 1.29 is 9.53 Å². The van der Waals surface area contributed by atoms with Crippen molar-refractivity contribution in [3.63, 3.8) is 0 Å². The number of carbonyl (C=O) groups is 1. The highest BCUT2D eigenvalue weighted by Crippen LogP contribution is 2.25. The number of methoxy groups -OCH3 is 1. The van der Waals surface area contributed by atoms with E-state index in [0.29, 0.717) is 5.70 Å². The Hall–Kier alpha value is -2.55. The molecule has 2 aromatic carbocycles. The van der Waals surface area contributed by atoms with Gasteiger partial charge in [0.2, 0.25) is 0 Å². The Kier molecular flexibility index (Phi) is 4.77. The molecule has 0 atom stereocenters. The van der Waals surface area contributed by atoms with Gasteiger partial charge in [-0.15, -0.1) is 0 Å². The van der Waals surface area contributed by atoms with E-state index in [9.17, 15) is 4.79 Å². The standard InChI is InChI=1S/C18H19NO2/c1-4-16(13-20)19(2)17-9-5-14(6-10-17)15-7-11-18(21-3)12-8-15/h4-13H,1-3H3/b16-4+. The molecule has 0 aromatic heterocycles. The third-order valence-corrected chi connectivity index (χ3v) is 3.48. The first-order valence-corrected chi connectivity index (χ1v) is 6.79. The highest BCUT2D eigenvalue weighted by atomic mass is 16.5. The van der Waals surface area contributed by atoms with Crippen LogP contribution >= 0.6 is 0 Å². The molecule has 0 bridgehead atoms. The summed E-state index contributed by atoms with van der Waals surface area (Å²) in [5.74, 6) is 0.846. The van der Waals surface area contributed by atoms with Crippen molar-refractivity contribution in [2.75, 3.05) is 19.1 Å². The minimum atomic E-state index is 0.646. The van der Waals surface area contributed by atoms with E-state index in [2.05, 4.69) is 0 Å². The zero-order valence-corrected chi connectivity index (χ0v) is 12.5. The number of ether oxygens (including phenoxy) is 1. The Labute approximate surface area is 125 Å². The van der Waals surface area contributed by atoms with Crippen LogP contribution in [-0.2, 0) is 4.79 Å². The van der Waals surface area contributed by atoms with Crippen molar-refractivity contribution in [3.8, 4) is 16.9 Å². The predicted octanol–water partition coefficient (Wildman–Crippen LogP) is 3.90. The number of nitrogens with zero attached hydrogens (tertiary/aromatic N) is 1. The average molecular weight is 281 g/mol. The summed E-state index contributed by atoms with van der Waals surface area (Å²) in [6.07, 6.45) is 2.65. The highest BCUT2D eigenvalue weighted by Gasteiger charge is 2.06. The van der Waals surface area contributed by atoms with Crippen LogP contribution in [0.25, 0.3) is 11.1 Å². The second-order valence-electron chi connectivity index (χ2n) is 4.67. The molecule has 2 aromatic rings. The van der Waals surface area contributed by atoms with Crippen molar-refractivity contribution in [2.24, 2.45) is 0 Å². The summed E-state index contributed by atoms with van der Waals surface area (Å²) in [7, 11) is 3.54. The number of likely N-dealkylation sites (N-methyl/N-ethyl adjacent to an activating group) is 1. The molecular weight excluding hydrogens is 262 g/mol. The van der Waals surface area contributed by atoms with Gasteiger partial charge in [-0.2, -0.15) is 0 Å². The molecule has 0 spiro atoms. The van der Waals surface area contributed by atoms with Gasteiger partial charge >= 0.3 is 0 Å². The van der Waals surface area contributed by atoms with Gasteiger partial charge in [-0.25, -0.2) is 0 Å². The minimum Gasteiger partial charge on any atom is -0.497 e. The number of allylic oxidation sites excluding steroid dienone is 2. The van der Waals surface area contributed by atoms with Gasteiger partial charge in [0.15, 0.2) is 6.29 Å². The molecule has 0 heterocycles. The summed E-state index contributed by atoms with van der Waals surface area (Å²) in [6, 6.07) is 16.1. The predicted molar refractivity (Wildman–Crippen MR) is 86.7 cm³/mol. The van der Waals surface area contributed by atoms with Crippen LogP contribution in [0.15, 0.2) is 60.3 Å². The Balaban J connectivity index is 2.23. The van der Waals surface area contributed by atoms with Crippen molar-refractivity contribution in [1.29, 1.82) is 0 Å². The Morgan fingerprint density at radius 2 is 1.52 bits per heavy atom. The fourth-order valence-electron chi connectivity index (χ4n) is 2.15. The van der Waals surface area contributed by atoms with Crippen LogP contribution in [-0.4, -0.2) is 20.4 Å². The smallest absolute Gasteiger partial charge is 0.166 e. The van der Waals surface area contributed by atoms with Crippen molar-refractivity contribution >= 4 is 12.0 Å². The maximum atomic E-state index is 11.0. The lowest BCUT2D eigenvalue weighted by atomic mass is 10.1. The van der Waals surface area contributed by atoms with Gasteiger partial charge in [0, 0.05) is 12.7 Å². The van der Waals surface area contributed by atoms with Crippen molar-refractivity contribution in [3.05, 3.63) is 60.3 Å². The molecule has 0 aliphatic rings. The zero-order valence-electron chi connectivity index (χ0n) is 12.5. The van der Waals surface area contributed by atoms with Crippen LogP contribution in [0.2, 0.25) is 0 Å². The highest BCUT2D eigenvalue weighted by molar-refractivity contribution is 5.80. The quantitative estimate of drug-likeness (QED) is 0.615. The number of hydrogen-bond donors (Lipinski definition) is 0. The number of carbonyl (C=O) groups excluding carboxylic acids is 1. The lowest BCUT2D eigenvalue weighted by molar-refractivity contribution is -0.105. The molecule has 0 amide bonds. The molecule has 3 heteroatoms. The summed E-state index contributed by atoms with van der Waals surface area (Å²) in [4.78, 5) is 12.8. The van der Waals surface area contributed by atoms with Crippen molar-refractivity contribution in [1.82, 2.24) is 0 Å². The number of hydrogen-bond acceptors (Lipinski definition) is 3. The van der Waals surface area contributed by atoms with Gasteiger partial charge in [-0.3, -0.25) is 4.79 Å². The van der Waals surface area contributed by atoms with Gasteiger partial charge in [-0.05, 0) is 42.3 Å². The second kappa shape index (κ2) is 6.75. The van der Waals surface area contributed by atoms with Gasteiger partial charge < -0.3 is 9.64 Å². The lowest BCUT2D eigenvalue weighted by Gasteiger charge is -2.19. The molecule has 3 nitrogen and oxygen atoms in total. The summed E-state index contributed by atoms with van der Waals surface area (Å²) < 4.78 is 5.16. The van der Waals surface area contributed by atoms with E-state index in [1.54, 1.807) is 13.2 Å². The number of rotatable bonds is 5. The largest absolute Gasteiger partial charge is 0.497 e. The number of aldehydes is 1. The molecule has 0 aliphatic carbocycles. The SMILES string of the molecule is C/C=C(\C=O)N(C)c1ccc(-c2ccc(OC)cc2)cc1. The minimum absolute atomic E-state index is 0.646. The van der Waals surface area contributed by atoms with E-state index >= 15 is 0 Å². The van der Waals surface area contributed by atoms with Crippen LogP contribution in [0.5, 0.6) is 5.75 Å². The summed E-state index contributed by atoms with van der Waals surface area (Å²) in [5.41, 5.74) is 3.88. The normalized spacial score (nSPS) is 11.1. The summed E-state index contributed by atoms with van der Waals surface area (Å²) >= 11 is 0. The Morgan fingerprint density at radius 3 is 1.95 bits per heavy atom. The topological polar surface area (TPSA) is 29.5 Å². The van der Waals surface area contributed by atoms with E-state index in [1.165, 1.54) is 0 Å². The summed E-state index contributed by atoms with van der Waals surface area (Å²) in [5, 5.41) is 0. The van der Waals surface area contributed by atoms with E-state index in [-0.39, 0.29) is 0 Å². The van der Waals surface area contributed by atoms with E-state index in [0.717, 1.165) is 28.8 Å². The fourth-order valence-corrected chi connectivity index (χ4v) is 2.15. The number of benzene rings is 2. The van der Waals surface area contributed by atoms with Crippen LogP contribution in [0.3, 0.4) is 0 Å². The molecule has 2 rings (SSSR count). The number of anilines is 1. The Bertz CT molecular complexity index is 627. The Morgan fingerprint density at radius 1 is 1.00 bits per heavy atom. The van der Waals surface area contributed by atoms with Crippen LogP contribution in [0.1, 0.15) is 6.92 Å². The van der Waals surface area contributed by atoms with Crippen molar-refractivity contribution in [2.45, 2.75) is 6.92 Å². The molecule has 108 valence electrons. The monoisotopic (exact) mass is 281 g/mol. The van der Waals surface area contributed by atoms with Gasteiger partial charge in [-0.1, -0.05) is 30.3 Å². The van der Waals surface area contributed by atoms with Crippen LogP contribution in [0.4, 0.5) is 5.69 Å². The van der Waals surface area contributed by atoms with Crippen LogP contribution in [0, 0.1) is 0 Å². The molecule has 0 N–H and O–H groups in total. The fraction of sp³-hybridized carbons (Fsp3) is 0.167. The van der Waals surface area contributed by atoms with Gasteiger partial charge in [0.1, 0.15) is 5.75 Å². The van der Waals surface area contributed by atoms with Gasteiger partial charge in [0.25, 0.3) is 0 Å². The first kappa shape index (κ1) is 14.9. The first-order valence-electron chi connectivity index (χ1n) is 6.79. The maximum Gasteiger partial charge on any atom is 0.166 e.